The maximum Gasteiger partial charge on any atom is 0.0905 e. The highest BCUT2D eigenvalue weighted by molar-refractivity contribution is 8.31. The van der Waals surface area contributed by atoms with E-state index in [9.17, 15) is 0 Å². The molecule has 0 bridgehead atoms. The van der Waals surface area contributed by atoms with Gasteiger partial charge in [0, 0.05) is 23.5 Å². The Morgan fingerprint density at radius 2 is 2.00 bits per heavy atom. The number of pyridine rings is 1. The molecule has 0 aliphatic heterocycles. The van der Waals surface area contributed by atoms with Gasteiger partial charge in [0.05, 0.1) is 17.3 Å². The van der Waals surface area contributed by atoms with Crippen molar-refractivity contribution in [3.8, 4) is 11.4 Å². The minimum absolute atomic E-state index is 0.638. The van der Waals surface area contributed by atoms with E-state index < -0.39 is 10.0 Å². The number of benzene rings is 1. The lowest BCUT2D eigenvalue weighted by Gasteiger charge is -2.27. The quantitative estimate of drug-likeness (QED) is 0.530. The molecule has 0 atom stereocenters. The average Bonchev–Trinajstić information content (AvgIpc) is 2.94. The van der Waals surface area contributed by atoms with Crippen molar-refractivity contribution in [2.75, 3.05) is 18.8 Å². The van der Waals surface area contributed by atoms with Gasteiger partial charge in [0.25, 0.3) is 0 Å². The standard InChI is InChI=1S/C19H22N2S/c1-13-7-8-17-15(10-13)16-11-14-6-5-9-20-18(14)19(16)21(17)12-22(2,3)4/h5-10H,11-12H2,1-4H3. The molecule has 1 aliphatic rings. The van der Waals surface area contributed by atoms with E-state index in [1.54, 1.807) is 0 Å². The van der Waals surface area contributed by atoms with Crippen LogP contribution in [0.3, 0.4) is 0 Å². The number of nitrogens with zero attached hydrogens (tertiary/aromatic N) is 2. The van der Waals surface area contributed by atoms with Crippen LogP contribution in [-0.2, 0) is 12.3 Å². The van der Waals surface area contributed by atoms with E-state index in [2.05, 4.69) is 60.6 Å². The van der Waals surface area contributed by atoms with Crippen molar-refractivity contribution >= 4 is 20.9 Å². The lowest BCUT2D eigenvalue weighted by molar-refractivity contribution is 0.937. The molecular formula is C19H22N2S. The van der Waals surface area contributed by atoms with Crippen molar-refractivity contribution in [1.82, 2.24) is 9.55 Å². The van der Waals surface area contributed by atoms with E-state index in [0.717, 1.165) is 12.3 Å². The normalized spacial score (nSPS) is 14.2. The summed E-state index contributed by atoms with van der Waals surface area (Å²) < 4.78 is 2.53. The molecule has 0 saturated heterocycles. The molecule has 0 unspecified atom stereocenters. The summed E-state index contributed by atoms with van der Waals surface area (Å²) in [5.74, 6) is 1.10. The van der Waals surface area contributed by atoms with Crippen LogP contribution in [0, 0.1) is 6.92 Å². The van der Waals surface area contributed by atoms with Crippen LogP contribution in [0.5, 0.6) is 0 Å². The van der Waals surface area contributed by atoms with Crippen LogP contribution in [0.15, 0.2) is 36.5 Å². The van der Waals surface area contributed by atoms with Gasteiger partial charge in [-0.15, -0.1) is 0 Å². The van der Waals surface area contributed by atoms with Gasteiger partial charge < -0.3 is 4.57 Å². The third-order valence-electron chi connectivity index (χ3n) is 4.32. The van der Waals surface area contributed by atoms with Gasteiger partial charge in [-0.05, 0) is 55.0 Å². The molecule has 3 heteroatoms. The molecule has 4 rings (SSSR count). The monoisotopic (exact) mass is 310 g/mol. The molecule has 0 amide bonds. The number of hydrogen-bond donors (Lipinski definition) is 0. The van der Waals surface area contributed by atoms with Gasteiger partial charge >= 0.3 is 0 Å². The largest absolute Gasteiger partial charge is 0.331 e. The van der Waals surface area contributed by atoms with Crippen LogP contribution in [0.1, 0.15) is 16.7 Å². The molecule has 0 fully saturated rings. The zero-order valence-electron chi connectivity index (χ0n) is 13.7. The van der Waals surface area contributed by atoms with E-state index in [-0.39, 0.29) is 0 Å². The Morgan fingerprint density at radius 1 is 1.18 bits per heavy atom. The van der Waals surface area contributed by atoms with Crippen molar-refractivity contribution < 1.29 is 0 Å². The van der Waals surface area contributed by atoms with Crippen LogP contribution in [0.25, 0.3) is 22.3 Å². The topological polar surface area (TPSA) is 17.8 Å². The number of fused-ring (bicyclic) bond motifs is 5. The first-order chi connectivity index (χ1) is 10.4. The third-order valence-corrected chi connectivity index (χ3v) is 5.36. The Kier molecular flexibility index (Phi) is 2.92. The fraction of sp³-hybridized carbons (Fsp3) is 0.316. The lowest BCUT2D eigenvalue weighted by Crippen LogP contribution is -2.07. The minimum Gasteiger partial charge on any atom is -0.331 e. The molecule has 22 heavy (non-hydrogen) atoms. The Labute approximate surface area is 133 Å². The second kappa shape index (κ2) is 4.63. The highest BCUT2D eigenvalue weighted by Crippen LogP contribution is 2.46. The summed E-state index contributed by atoms with van der Waals surface area (Å²) in [6.45, 7) is 2.18. The van der Waals surface area contributed by atoms with Crippen LogP contribution < -0.4 is 0 Å². The number of aromatic nitrogens is 2. The van der Waals surface area contributed by atoms with Gasteiger partial charge in [-0.2, -0.15) is 0 Å². The number of hydrogen-bond acceptors (Lipinski definition) is 1. The van der Waals surface area contributed by atoms with E-state index >= 15 is 0 Å². The van der Waals surface area contributed by atoms with Gasteiger partial charge in [0.1, 0.15) is 0 Å². The number of rotatable bonds is 2. The average molecular weight is 310 g/mol. The fourth-order valence-electron chi connectivity index (χ4n) is 3.49. The molecular weight excluding hydrogens is 288 g/mol. The second-order valence-corrected chi connectivity index (χ2v) is 11.6. The second-order valence-electron chi connectivity index (χ2n) is 7.18. The molecule has 1 aromatic carbocycles. The van der Waals surface area contributed by atoms with Crippen molar-refractivity contribution in [2.24, 2.45) is 0 Å². The van der Waals surface area contributed by atoms with E-state index in [4.69, 9.17) is 4.98 Å². The summed E-state index contributed by atoms with van der Waals surface area (Å²) in [6, 6.07) is 11.1. The maximum atomic E-state index is 4.70. The summed E-state index contributed by atoms with van der Waals surface area (Å²) in [5.41, 5.74) is 8.09. The Hall–Kier alpha value is -1.74. The minimum atomic E-state index is -0.638. The zero-order valence-corrected chi connectivity index (χ0v) is 14.5. The van der Waals surface area contributed by atoms with E-state index in [1.165, 1.54) is 39.0 Å². The number of aryl methyl sites for hydroxylation is 1. The lowest BCUT2D eigenvalue weighted by atomic mass is 10.1. The molecule has 3 aromatic rings. The van der Waals surface area contributed by atoms with Crippen LogP contribution in [0.2, 0.25) is 0 Å². The fourth-order valence-corrected chi connectivity index (χ4v) is 4.54. The first kappa shape index (κ1) is 13.9. The van der Waals surface area contributed by atoms with Crippen molar-refractivity contribution in [2.45, 2.75) is 19.2 Å². The molecule has 2 heterocycles. The first-order valence-electron chi connectivity index (χ1n) is 7.66. The van der Waals surface area contributed by atoms with Gasteiger partial charge in [-0.1, -0.05) is 17.7 Å². The van der Waals surface area contributed by atoms with Crippen LogP contribution in [0.4, 0.5) is 0 Å². The molecule has 2 aromatic heterocycles. The van der Waals surface area contributed by atoms with Gasteiger partial charge in [-0.25, -0.2) is 10.0 Å². The SMILES string of the molecule is Cc1ccc2c(c1)c1c(n2CS(C)(C)C)-c2ncccc2C1. The van der Waals surface area contributed by atoms with Crippen LogP contribution in [-0.4, -0.2) is 28.3 Å². The summed E-state index contributed by atoms with van der Waals surface area (Å²) in [7, 11) is -0.638. The van der Waals surface area contributed by atoms with Gasteiger partial charge in [-0.3, -0.25) is 4.98 Å². The third kappa shape index (κ3) is 2.07. The van der Waals surface area contributed by atoms with Crippen LogP contribution >= 0.6 is 10.0 Å². The molecule has 0 radical (unpaired) electrons. The molecule has 0 spiro atoms. The van der Waals surface area contributed by atoms with Crippen molar-refractivity contribution in [1.29, 1.82) is 0 Å². The Balaban J connectivity index is 2.06. The molecule has 114 valence electrons. The Morgan fingerprint density at radius 3 is 2.77 bits per heavy atom. The summed E-state index contributed by atoms with van der Waals surface area (Å²) >= 11 is 0. The van der Waals surface area contributed by atoms with E-state index in [1.807, 2.05) is 6.20 Å². The maximum absolute atomic E-state index is 4.70. The molecule has 0 saturated carbocycles. The van der Waals surface area contributed by atoms with Crippen molar-refractivity contribution in [3.63, 3.8) is 0 Å². The first-order valence-corrected chi connectivity index (χ1v) is 10.7. The predicted octanol–water partition coefficient (Wildman–Crippen LogP) is 4.57. The zero-order chi connectivity index (χ0) is 15.5. The van der Waals surface area contributed by atoms with Gasteiger partial charge in [0.2, 0.25) is 0 Å². The highest BCUT2D eigenvalue weighted by Gasteiger charge is 2.28. The predicted molar refractivity (Wildman–Crippen MR) is 98.1 cm³/mol. The molecule has 2 nitrogen and oxygen atoms in total. The smallest absolute Gasteiger partial charge is 0.0905 e. The summed E-state index contributed by atoms with van der Waals surface area (Å²) in [6.07, 6.45) is 10.1. The summed E-state index contributed by atoms with van der Waals surface area (Å²) in [5, 5.41) is 1.41. The highest BCUT2D eigenvalue weighted by atomic mass is 32.3. The molecule has 0 N–H and O–H groups in total. The molecule has 1 aliphatic carbocycles. The van der Waals surface area contributed by atoms with Crippen molar-refractivity contribution in [3.05, 3.63) is 53.2 Å². The van der Waals surface area contributed by atoms with Gasteiger partial charge in [0.15, 0.2) is 0 Å². The summed E-state index contributed by atoms with van der Waals surface area (Å²) in [4.78, 5) is 4.70. The van der Waals surface area contributed by atoms with E-state index in [0.29, 0.717) is 0 Å². The Bertz CT molecular complexity index is 884.